The van der Waals surface area contributed by atoms with Crippen LogP contribution in [0.4, 0.5) is 10.5 Å². The molecule has 0 radical (unpaired) electrons. The van der Waals surface area contributed by atoms with E-state index < -0.39 is 0 Å². The van der Waals surface area contributed by atoms with E-state index in [2.05, 4.69) is 22.2 Å². The first kappa shape index (κ1) is 19.0. The van der Waals surface area contributed by atoms with Crippen molar-refractivity contribution in [3.8, 4) is 5.69 Å². The second-order valence-electron chi connectivity index (χ2n) is 8.01. The van der Waals surface area contributed by atoms with Gasteiger partial charge in [-0.15, -0.1) is 0 Å². The quantitative estimate of drug-likeness (QED) is 0.888. The topological polar surface area (TPSA) is 43.8 Å². The molecule has 6 nitrogen and oxygen atoms in total. The van der Waals surface area contributed by atoms with E-state index in [0.29, 0.717) is 6.04 Å². The number of nitrogens with zero attached hydrogens (tertiary/aromatic N) is 4. The average molecular weight is 382 g/mol. The minimum atomic E-state index is 0.0192. The molecule has 28 heavy (non-hydrogen) atoms. The van der Waals surface area contributed by atoms with Crippen molar-refractivity contribution < 1.29 is 4.79 Å². The maximum atomic E-state index is 13.0. The summed E-state index contributed by atoms with van der Waals surface area (Å²) in [5, 5.41) is 3.12. The summed E-state index contributed by atoms with van der Waals surface area (Å²) in [5.41, 5.74) is 1.89. The molecule has 2 aliphatic rings. The lowest BCUT2D eigenvalue weighted by atomic mass is 10.1. The lowest BCUT2D eigenvalue weighted by molar-refractivity contribution is 0.0948. The first-order chi connectivity index (χ1) is 13.7. The van der Waals surface area contributed by atoms with Gasteiger partial charge in [0.25, 0.3) is 0 Å². The van der Waals surface area contributed by atoms with Crippen LogP contribution in [0, 0.1) is 0 Å². The van der Waals surface area contributed by atoms with Crippen molar-refractivity contribution in [3.63, 3.8) is 0 Å². The van der Waals surface area contributed by atoms with Crippen molar-refractivity contribution in [1.29, 1.82) is 0 Å². The Morgan fingerprint density at radius 2 is 1.79 bits per heavy atom. The summed E-state index contributed by atoms with van der Waals surface area (Å²) >= 11 is 0. The van der Waals surface area contributed by atoms with E-state index >= 15 is 0 Å². The van der Waals surface area contributed by atoms with Crippen LogP contribution in [0.1, 0.15) is 19.3 Å². The highest BCUT2D eigenvalue weighted by Gasteiger charge is 2.28. The normalized spacial score (nSPS) is 22.0. The molecule has 1 aromatic carbocycles. The lowest BCUT2D eigenvalue weighted by Gasteiger charge is -2.39. The van der Waals surface area contributed by atoms with Crippen molar-refractivity contribution >= 4 is 11.7 Å². The zero-order chi connectivity index (χ0) is 19.3. The number of likely N-dealkylation sites (tertiary alicyclic amines) is 1. The Balaban J connectivity index is 1.40. The largest absolute Gasteiger partial charge is 0.324 e. The number of urea groups is 1. The number of benzene rings is 1. The molecule has 2 saturated heterocycles. The van der Waals surface area contributed by atoms with Crippen molar-refractivity contribution in [1.82, 2.24) is 19.3 Å². The van der Waals surface area contributed by atoms with E-state index in [4.69, 9.17) is 0 Å². The molecule has 2 aromatic rings. The van der Waals surface area contributed by atoms with Gasteiger partial charge >= 0.3 is 6.03 Å². The van der Waals surface area contributed by atoms with Gasteiger partial charge in [0.1, 0.15) is 0 Å². The fourth-order valence-corrected chi connectivity index (χ4v) is 4.24. The minimum Gasteiger partial charge on any atom is -0.324 e. The summed E-state index contributed by atoms with van der Waals surface area (Å²) in [4.78, 5) is 20.0. The number of anilines is 1. The zero-order valence-corrected chi connectivity index (χ0v) is 16.8. The monoisotopic (exact) mass is 381 g/mol. The molecule has 0 saturated carbocycles. The van der Waals surface area contributed by atoms with Crippen LogP contribution >= 0.6 is 0 Å². The predicted octanol–water partition coefficient (Wildman–Crippen LogP) is 3.11. The number of amides is 2. The fourth-order valence-electron chi connectivity index (χ4n) is 4.24. The standard InChI is InChI=1S/C22H31N5O/c1-24-13-15-26(16-14-24)21-8-2-3-12-27(18-21)22(28)23-19-7-6-9-20(17-19)25-10-4-5-11-25/h4-7,9-11,17,21H,2-3,8,12-16,18H2,1H3,(H,23,28)/t21-/m0/s1. The van der Waals surface area contributed by atoms with E-state index in [-0.39, 0.29) is 6.03 Å². The molecule has 4 rings (SSSR count). The highest BCUT2D eigenvalue weighted by Crippen LogP contribution is 2.20. The summed E-state index contributed by atoms with van der Waals surface area (Å²) in [6, 6.07) is 12.5. The average Bonchev–Trinajstić information content (AvgIpc) is 3.13. The Kier molecular flexibility index (Phi) is 5.98. The predicted molar refractivity (Wildman–Crippen MR) is 113 cm³/mol. The molecule has 2 fully saturated rings. The first-order valence-electron chi connectivity index (χ1n) is 10.4. The van der Waals surface area contributed by atoms with Gasteiger partial charge in [0.15, 0.2) is 0 Å². The molecule has 0 spiro atoms. The molecular weight excluding hydrogens is 350 g/mol. The number of carbonyl (C=O) groups is 1. The third-order valence-electron chi connectivity index (χ3n) is 5.99. The molecule has 2 aliphatic heterocycles. The maximum Gasteiger partial charge on any atom is 0.321 e. The van der Waals surface area contributed by atoms with Crippen LogP contribution in [0.5, 0.6) is 0 Å². The summed E-state index contributed by atoms with van der Waals surface area (Å²) in [7, 11) is 2.19. The molecule has 1 aromatic heterocycles. The van der Waals surface area contributed by atoms with Crippen LogP contribution < -0.4 is 5.32 Å². The van der Waals surface area contributed by atoms with Crippen LogP contribution in [0.3, 0.4) is 0 Å². The number of rotatable bonds is 3. The minimum absolute atomic E-state index is 0.0192. The number of piperazine rings is 1. The molecule has 150 valence electrons. The van der Waals surface area contributed by atoms with E-state index in [1.54, 1.807) is 0 Å². The second-order valence-corrected chi connectivity index (χ2v) is 8.01. The lowest BCUT2D eigenvalue weighted by Crippen LogP contribution is -2.52. The summed E-state index contributed by atoms with van der Waals surface area (Å²) in [5.74, 6) is 0. The van der Waals surface area contributed by atoms with Gasteiger partial charge in [-0.2, -0.15) is 0 Å². The zero-order valence-electron chi connectivity index (χ0n) is 16.8. The molecule has 0 bridgehead atoms. The molecule has 0 unspecified atom stereocenters. The van der Waals surface area contributed by atoms with Crippen LogP contribution in [0.15, 0.2) is 48.8 Å². The van der Waals surface area contributed by atoms with Gasteiger partial charge in [-0.3, -0.25) is 4.90 Å². The Hall–Kier alpha value is -2.31. The molecule has 1 N–H and O–H groups in total. The SMILES string of the molecule is CN1CCN([C@H]2CCCCN(C(=O)Nc3cccc(-n4cccc4)c3)C2)CC1. The number of hydrogen-bond donors (Lipinski definition) is 1. The Bertz CT molecular complexity index is 767. The van der Waals surface area contributed by atoms with Crippen molar-refractivity contribution in [3.05, 3.63) is 48.8 Å². The van der Waals surface area contributed by atoms with Crippen LogP contribution in [-0.4, -0.2) is 77.7 Å². The number of carbonyl (C=O) groups excluding carboxylic acids is 1. The van der Waals surface area contributed by atoms with Gasteiger partial charge in [0, 0.05) is 69.1 Å². The Morgan fingerprint density at radius 1 is 1.00 bits per heavy atom. The van der Waals surface area contributed by atoms with Crippen molar-refractivity contribution in [2.24, 2.45) is 0 Å². The molecule has 6 heteroatoms. The maximum absolute atomic E-state index is 13.0. The fraction of sp³-hybridized carbons (Fsp3) is 0.500. The van der Waals surface area contributed by atoms with Crippen LogP contribution in [0.2, 0.25) is 0 Å². The van der Waals surface area contributed by atoms with Crippen molar-refractivity contribution in [2.75, 3.05) is 51.6 Å². The van der Waals surface area contributed by atoms with E-state index in [0.717, 1.165) is 57.1 Å². The Labute approximate surface area is 167 Å². The number of likely N-dealkylation sites (N-methyl/N-ethyl adjacent to an activating group) is 1. The van der Waals surface area contributed by atoms with Gasteiger partial charge in [-0.25, -0.2) is 4.79 Å². The van der Waals surface area contributed by atoms with E-state index in [9.17, 15) is 4.79 Å². The Morgan fingerprint density at radius 3 is 2.57 bits per heavy atom. The highest BCUT2D eigenvalue weighted by atomic mass is 16.2. The van der Waals surface area contributed by atoms with Gasteiger partial charge in [-0.05, 0) is 50.2 Å². The van der Waals surface area contributed by atoms with Gasteiger partial charge in [-0.1, -0.05) is 12.5 Å². The molecule has 3 heterocycles. The number of hydrogen-bond acceptors (Lipinski definition) is 3. The van der Waals surface area contributed by atoms with Gasteiger partial charge in [0.05, 0.1) is 0 Å². The first-order valence-corrected chi connectivity index (χ1v) is 10.4. The third-order valence-corrected chi connectivity index (χ3v) is 5.99. The number of nitrogens with one attached hydrogen (secondary N) is 1. The molecule has 2 amide bonds. The van der Waals surface area contributed by atoms with Crippen molar-refractivity contribution in [2.45, 2.75) is 25.3 Å². The highest BCUT2D eigenvalue weighted by molar-refractivity contribution is 5.89. The van der Waals surface area contributed by atoms with Crippen LogP contribution in [0.25, 0.3) is 5.69 Å². The number of aromatic nitrogens is 1. The molecular formula is C22H31N5O. The molecule has 1 atom stereocenters. The smallest absolute Gasteiger partial charge is 0.321 e. The van der Waals surface area contributed by atoms with Crippen LogP contribution in [-0.2, 0) is 0 Å². The summed E-state index contributed by atoms with van der Waals surface area (Å²) < 4.78 is 2.05. The third kappa shape index (κ3) is 4.56. The molecule has 0 aliphatic carbocycles. The second kappa shape index (κ2) is 8.80. The van der Waals surface area contributed by atoms with E-state index in [1.807, 2.05) is 58.3 Å². The summed E-state index contributed by atoms with van der Waals surface area (Å²) in [6.07, 6.45) is 7.49. The summed E-state index contributed by atoms with van der Waals surface area (Å²) in [6.45, 7) is 6.12. The van der Waals surface area contributed by atoms with E-state index in [1.165, 1.54) is 12.8 Å². The van der Waals surface area contributed by atoms with Gasteiger partial charge in [0.2, 0.25) is 0 Å². The van der Waals surface area contributed by atoms with Gasteiger partial charge < -0.3 is 19.7 Å².